The quantitative estimate of drug-likeness (QED) is 0.597. The number of rotatable bonds is 1. The molecule has 0 fully saturated rings. The van der Waals surface area contributed by atoms with Crippen LogP contribution in [0.3, 0.4) is 0 Å². The highest BCUT2D eigenvalue weighted by Crippen LogP contribution is 2.05. The van der Waals surface area contributed by atoms with Crippen molar-refractivity contribution in [2.75, 3.05) is 0 Å². The molecule has 0 saturated heterocycles. The molecule has 0 aliphatic rings. The van der Waals surface area contributed by atoms with Crippen LogP contribution in [0, 0.1) is 0 Å². The predicted octanol–water partition coefficient (Wildman–Crippen LogP) is 0.687. The highest BCUT2D eigenvalue weighted by Gasteiger charge is 2.00. The zero-order valence-electron chi connectivity index (χ0n) is 6.23. The smallest absolute Gasteiger partial charge is 0.180 e. The van der Waals surface area contributed by atoms with Crippen LogP contribution in [-0.2, 0) is 6.42 Å². The van der Waals surface area contributed by atoms with Crippen molar-refractivity contribution in [3.05, 3.63) is 24.2 Å². The molecule has 4 nitrogen and oxygen atoms in total. The van der Waals surface area contributed by atoms with Gasteiger partial charge in [0.2, 0.25) is 0 Å². The van der Waals surface area contributed by atoms with Gasteiger partial charge in [0.25, 0.3) is 0 Å². The van der Waals surface area contributed by atoms with Gasteiger partial charge in [-0.1, -0.05) is 6.92 Å². The highest BCUT2D eigenvalue weighted by atomic mass is 15.3. The molecule has 0 N–H and O–H groups in total. The van der Waals surface area contributed by atoms with Crippen LogP contribution in [0.25, 0.3) is 5.65 Å². The molecule has 0 bridgehead atoms. The third-order valence-electron chi connectivity index (χ3n) is 1.65. The molecule has 0 unspecified atom stereocenters. The summed E-state index contributed by atoms with van der Waals surface area (Å²) in [5, 5.41) is 11.8. The van der Waals surface area contributed by atoms with Gasteiger partial charge < -0.3 is 0 Å². The van der Waals surface area contributed by atoms with E-state index in [4.69, 9.17) is 0 Å². The van der Waals surface area contributed by atoms with Gasteiger partial charge in [0, 0.05) is 5.56 Å². The topological polar surface area (TPSA) is 43.1 Å². The van der Waals surface area contributed by atoms with E-state index in [9.17, 15) is 0 Å². The molecule has 11 heavy (non-hydrogen) atoms. The van der Waals surface area contributed by atoms with Crippen molar-refractivity contribution in [3.63, 3.8) is 0 Å². The summed E-state index contributed by atoms with van der Waals surface area (Å²) >= 11 is 0. The maximum absolute atomic E-state index is 4.10. The minimum atomic E-state index is 0.856. The van der Waals surface area contributed by atoms with Crippen molar-refractivity contribution in [2.45, 2.75) is 13.3 Å². The fraction of sp³-hybridized carbons (Fsp3) is 0.286. The van der Waals surface area contributed by atoms with Crippen LogP contribution in [0.1, 0.15) is 12.5 Å². The zero-order valence-corrected chi connectivity index (χ0v) is 6.23. The first-order valence-corrected chi connectivity index (χ1v) is 3.55. The highest BCUT2D eigenvalue weighted by molar-refractivity contribution is 5.44. The number of aryl methyl sites for hydroxylation is 1. The Kier molecular flexibility index (Phi) is 1.31. The van der Waals surface area contributed by atoms with Crippen LogP contribution < -0.4 is 0 Å². The lowest BCUT2D eigenvalue weighted by Gasteiger charge is -1.89. The molecular weight excluding hydrogens is 140 g/mol. The molecule has 0 amide bonds. The number of nitrogens with zero attached hydrogens (tertiary/aromatic N) is 4. The number of hydrogen-bond donors (Lipinski definition) is 0. The maximum atomic E-state index is 4.10. The van der Waals surface area contributed by atoms with E-state index in [1.807, 2.05) is 6.20 Å². The Morgan fingerprint density at radius 2 is 2.45 bits per heavy atom. The fourth-order valence-electron chi connectivity index (χ4n) is 1.04. The van der Waals surface area contributed by atoms with Crippen molar-refractivity contribution in [1.29, 1.82) is 0 Å². The maximum Gasteiger partial charge on any atom is 0.180 e. The van der Waals surface area contributed by atoms with Crippen LogP contribution in [0.5, 0.6) is 0 Å². The summed E-state index contributed by atoms with van der Waals surface area (Å²) in [6.07, 6.45) is 6.19. The van der Waals surface area contributed by atoms with E-state index in [-0.39, 0.29) is 0 Å². The standard InChI is InChI=1S/C7H8N4/c1-2-6-5-9-11-4-3-8-10-7(6)11/h3-5H,2H2,1H3. The Bertz CT molecular complexity index is 365. The Hall–Kier alpha value is -1.45. The second-order valence-corrected chi connectivity index (χ2v) is 2.31. The van der Waals surface area contributed by atoms with Crippen molar-refractivity contribution in [2.24, 2.45) is 0 Å². The molecular formula is C7H8N4. The Balaban J connectivity index is 2.76. The Morgan fingerprint density at radius 3 is 3.27 bits per heavy atom. The van der Waals surface area contributed by atoms with Gasteiger partial charge >= 0.3 is 0 Å². The van der Waals surface area contributed by atoms with Gasteiger partial charge in [-0.3, -0.25) is 0 Å². The third kappa shape index (κ3) is 0.869. The van der Waals surface area contributed by atoms with Gasteiger partial charge in [0.1, 0.15) is 0 Å². The molecule has 0 saturated carbocycles. The van der Waals surface area contributed by atoms with Gasteiger partial charge in [-0.15, -0.1) is 5.10 Å². The number of aromatic nitrogens is 4. The molecule has 4 heteroatoms. The summed E-state index contributed by atoms with van der Waals surface area (Å²) in [7, 11) is 0. The molecule has 0 aliphatic carbocycles. The second kappa shape index (κ2) is 2.30. The van der Waals surface area contributed by atoms with Gasteiger partial charge in [0.15, 0.2) is 5.65 Å². The molecule has 0 aliphatic heterocycles. The SMILES string of the molecule is CCc1cnn2ccnnc12. The molecule has 0 radical (unpaired) electrons. The summed E-state index contributed by atoms with van der Waals surface area (Å²) in [5.41, 5.74) is 1.99. The van der Waals surface area contributed by atoms with E-state index in [1.54, 1.807) is 16.9 Å². The molecule has 2 heterocycles. The molecule has 0 atom stereocenters. The molecule has 0 spiro atoms. The first-order valence-electron chi connectivity index (χ1n) is 3.55. The van der Waals surface area contributed by atoms with Crippen LogP contribution in [0.2, 0.25) is 0 Å². The van der Waals surface area contributed by atoms with Crippen LogP contribution in [-0.4, -0.2) is 19.8 Å². The van der Waals surface area contributed by atoms with E-state index in [0.717, 1.165) is 17.6 Å². The minimum absolute atomic E-state index is 0.856. The Morgan fingerprint density at radius 1 is 1.55 bits per heavy atom. The van der Waals surface area contributed by atoms with E-state index in [1.165, 1.54) is 0 Å². The van der Waals surface area contributed by atoms with E-state index < -0.39 is 0 Å². The van der Waals surface area contributed by atoms with Gasteiger partial charge in [0.05, 0.1) is 18.6 Å². The number of fused-ring (bicyclic) bond motifs is 1. The summed E-state index contributed by atoms with van der Waals surface area (Å²) in [6, 6.07) is 0. The fourth-order valence-corrected chi connectivity index (χ4v) is 1.04. The molecule has 2 rings (SSSR count). The summed E-state index contributed by atoms with van der Waals surface area (Å²) in [4.78, 5) is 0. The normalized spacial score (nSPS) is 10.6. The molecule has 2 aromatic heterocycles. The van der Waals surface area contributed by atoms with Crippen LogP contribution in [0.15, 0.2) is 18.6 Å². The van der Waals surface area contributed by atoms with Crippen molar-refractivity contribution in [1.82, 2.24) is 19.8 Å². The van der Waals surface area contributed by atoms with E-state index >= 15 is 0 Å². The largest absolute Gasteiger partial charge is 0.219 e. The average Bonchev–Trinajstić information content (AvgIpc) is 2.47. The van der Waals surface area contributed by atoms with Crippen LogP contribution >= 0.6 is 0 Å². The first kappa shape index (κ1) is 6.27. The third-order valence-corrected chi connectivity index (χ3v) is 1.65. The van der Waals surface area contributed by atoms with Gasteiger partial charge in [-0.2, -0.15) is 10.2 Å². The van der Waals surface area contributed by atoms with Crippen molar-refractivity contribution in [3.8, 4) is 0 Å². The second-order valence-electron chi connectivity index (χ2n) is 2.31. The summed E-state index contributed by atoms with van der Waals surface area (Å²) in [6.45, 7) is 2.08. The minimum Gasteiger partial charge on any atom is -0.219 e. The zero-order chi connectivity index (χ0) is 7.68. The van der Waals surface area contributed by atoms with Crippen LogP contribution in [0.4, 0.5) is 0 Å². The lowest BCUT2D eigenvalue weighted by Crippen LogP contribution is -1.91. The van der Waals surface area contributed by atoms with Crippen molar-refractivity contribution < 1.29 is 0 Å². The predicted molar refractivity (Wildman–Crippen MR) is 40.2 cm³/mol. The van der Waals surface area contributed by atoms with E-state index in [0.29, 0.717) is 0 Å². The molecule has 2 aromatic rings. The van der Waals surface area contributed by atoms with Gasteiger partial charge in [-0.25, -0.2) is 4.52 Å². The summed E-state index contributed by atoms with van der Waals surface area (Å²) in [5.74, 6) is 0. The lowest BCUT2D eigenvalue weighted by atomic mass is 10.3. The van der Waals surface area contributed by atoms with Crippen molar-refractivity contribution >= 4 is 5.65 Å². The lowest BCUT2D eigenvalue weighted by molar-refractivity contribution is 0.887. The molecule has 0 aromatic carbocycles. The summed E-state index contributed by atoms with van der Waals surface area (Å²) < 4.78 is 1.73. The monoisotopic (exact) mass is 148 g/mol. The van der Waals surface area contributed by atoms with Gasteiger partial charge in [-0.05, 0) is 6.42 Å². The first-order chi connectivity index (χ1) is 5.42. The molecule has 56 valence electrons. The number of hydrogen-bond acceptors (Lipinski definition) is 3. The average molecular weight is 148 g/mol. The van der Waals surface area contributed by atoms with E-state index in [2.05, 4.69) is 22.2 Å². The Labute approximate surface area is 63.9 Å².